The van der Waals surface area contributed by atoms with E-state index < -0.39 is 0 Å². The molecule has 148 valence electrons. The first-order valence-corrected chi connectivity index (χ1v) is 10.2. The minimum absolute atomic E-state index is 0.0527. The number of imide groups is 1. The van der Waals surface area contributed by atoms with Crippen molar-refractivity contribution in [3.05, 3.63) is 51.6 Å². The lowest BCUT2D eigenvalue weighted by molar-refractivity contribution is -0.114. The van der Waals surface area contributed by atoms with Crippen LogP contribution in [-0.4, -0.2) is 59.3 Å². The van der Waals surface area contributed by atoms with Crippen LogP contribution in [0, 0.1) is 0 Å². The zero-order valence-corrected chi connectivity index (χ0v) is 16.8. The van der Waals surface area contributed by atoms with Gasteiger partial charge in [0, 0.05) is 18.9 Å². The van der Waals surface area contributed by atoms with E-state index >= 15 is 0 Å². The number of hydrogen-bond donors (Lipinski definition) is 0. The third kappa shape index (κ3) is 2.90. The summed E-state index contributed by atoms with van der Waals surface area (Å²) < 4.78 is 0. The van der Waals surface area contributed by atoms with Crippen LogP contribution in [0.25, 0.3) is 0 Å². The molecule has 0 N–H and O–H groups in total. The molecule has 0 unspecified atom stereocenters. The molecule has 1 aliphatic carbocycles. The SMILES string of the molecule is CN1CCC(N2C(=O)c3cc4c(cc3C2=O)N=C(C2=C(Cl)C=CCC2=O)C4)CC1. The fourth-order valence-corrected chi connectivity index (χ4v) is 4.87. The molecule has 29 heavy (non-hydrogen) atoms. The van der Waals surface area contributed by atoms with Crippen LogP contribution in [-0.2, 0) is 11.2 Å². The van der Waals surface area contributed by atoms with Crippen molar-refractivity contribution in [3.8, 4) is 0 Å². The maximum absolute atomic E-state index is 13.0. The maximum Gasteiger partial charge on any atom is 0.261 e. The number of Topliss-reactive ketones (excluding diaryl/α,β-unsaturated/α-hetero) is 1. The third-order valence-corrected chi connectivity index (χ3v) is 6.47. The summed E-state index contributed by atoms with van der Waals surface area (Å²) in [5, 5.41) is 0.390. The highest BCUT2D eigenvalue weighted by molar-refractivity contribution is 6.40. The second kappa shape index (κ2) is 6.75. The predicted molar refractivity (Wildman–Crippen MR) is 110 cm³/mol. The molecule has 0 saturated carbocycles. The van der Waals surface area contributed by atoms with Gasteiger partial charge in [0.15, 0.2) is 5.78 Å². The second-order valence-corrected chi connectivity index (χ2v) is 8.44. The Hall–Kier alpha value is -2.57. The van der Waals surface area contributed by atoms with Crippen LogP contribution >= 0.6 is 11.6 Å². The van der Waals surface area contributed by atoms with E-state index in [4.69, 9.17) is 11.6 Å². The van der Waals surface area contributed by atoms with E-state index in [-0.39, 0.29) is 23.6 Å². The lowest BCUT2D eigenvalue weighted by atomic mass is 9.95. The molecule has 3 aliphatic heterocycles. The number of ketones is 1. The summed E-state index contributed by atoms with van der Waals surface area (Å²) >= 11 is 6.24. The summed E-state index contributed by atoms with van der Waals surface area (Å²) in [6.07, 6.45) is 5.79. The van der Waals surface area contributed by atoms with Crippen molar-refractivity contribution in [2.24, 2.45) is 4.99 Å². The molecular weight excluding hydrogens is 390 g/mol. The summed E-state index contributed by atoms with van der Waals surface area (Å²) in [4.78, 5) is 46.6. The van der Waals surface area contributed by atoms with Gasteiger partial charge in [-0.05, 0) is 56.8 Å². The lowest BCUT2D eigenvalue weighted by Crippen LogP contribution is -2.46. The van der Waals surface area contributed by atoms with Gasteiger partial charge in [-0.2, -0.15) is 0 Å². The van der Waals surface area contributed by atoms with Crippen molar-refractivity contribution in [1.29, 1.82) is 0 Å². The van der Waals surface area contributed by atoms with Gasteiger partial charge in [-0.25, -0.2) is 0 Å². The molecule has 0 bridgehead atoms. The van der Waals surface area contributed by atoms with Crippen LogP contribution in [0.5, 0.6) is 0 Å². The van der Waals surface area contributed by atoms with Crippen molar-refractivity contribution < 1.29 is 14.4 Å². The van der Waals surface area contributed by atoms with Gasteiger partial charge in [-0.3, -0.25) is 24.3 Å². The highest BCUT2D eigenvalue weighted by atomic mass is 35.5. The van der Waals surface area contributed by atoms with Crippen molar-refractivity contribution in [3.63, 3.8) is 0 Å². The Bertz CT molecular complexity index is 1060. The molecular formula is C22H20ClN3O3. The molecule has 7 heteroatoms. The fourth-order valence-electron chi connectivity index (χ4n) is 4.57. The van der Waals surface area contributed by atoms with Gasteiger partial charge in [0.2, 0.25) is 0 Å². The van der Waals surface area contributed by atoms with E-state index in [1.54, 1.807) is 24.3 Å². The molecule has 0 spiro atoms. The fraction of sp³-hybridized carbons (Fsp3) is 0.364. The number of hydrogen-bond acceptors (Lipinski definition) is 5. The normalized spacial score (nSPS) is 22.5. The van der Waals surface area contributed by atoms with E-state index in [0.717, 1.165) is 31.5 Å². The number of aliphatic imine (C=N–C) groups is 1. The lowest BCUT2D eigenvalue weighted by Gasteiger charge is -2.33. The molecule has 0 radical (unpaired) electrons. The molecule has 0 atom stereocenters. The molecule has 4 aliphatic rings. The molecule has 1 aromatic rings. The number of benzene rings is 1. The van der Waals surface area contributed by atoms with Crippen molar-refractivity contribution >= 4 is 40.6 Å². The largest absolute Gasteiger partial charge is 0.306 e. The zero-order chi connectivity index (χ0) is 20.3. The summed E-state index contributed by atoms with van der Waals surface area (Å²) in [5.74, 6) is -0.512. The van der Waals surface area contributed by atoms with Gasteiger partial charge in [0.25, 0.3) is 11.8 Å². The first kappa shape index (κ1) is 18.5. The van der Waals surface area contributed by atoms with Crippen LogP contribution in [0.3, 0.4) is 0 Å². The van der Waals surface area contributed by atoms with E-state index in [9.17, 15) is 14.4 Å². The van der Waals surface area contributed by atoms with Crippen LogP contribution in [0.1, 0.15) is 45.5 Å². The summed E-state index contributed by atoms with van der Waals surface area (Å²) in [6.45, 7) is 1.75. The minimum atomic E-state index is -0.236. The molecule has 0 aromatic heterocycles. The Balaban J connectivity index is 1.47. The predicted octanol–water partition coefficient (Wildman–Crippen LogP) is 3.03. The average Bonchev–Trinajstić information content (AvgIpc) is 3.20. The number of piperidine rings is 1. The first-order chi connectivity index (χ1) is 13.9. The average molecular weight is 410 g/mol. The quantitative estimate of drug-likeness (QED) is 0.704. The van der Waals surface area contributed by atoms with Gasteiger partial charge in [-0.15, -0.1) is 0 Å². The summed E-state index contributed by atoms with van der Waals surface area (Å²) in [6, 6.07) is 3.42. The number of carbonyl (C=O) groups is 3. The number of nitrogens with zero attached hydrogens (tertiary/aromatic N) is 3. The van der Waals surface area contributed by atoms with Crippen LogP contribution in [0.4, 0.5) is 5.69 Å². The molecule has 1 saturated heterocycles. The summed E-state index contributed by atoms with van der Waals surface area (Å²) in [7, 11) is 2.05. The number of carbonyl (C=O) groups excluding carboxylic acids is 3. The van der Waals surface area contributed by atoms with Crippen LogP contribution < -0.4 is 0 Å². The number of amides is 2. The van der Waals surface area contributed by atoms with E-state index in [1.165, 1.54) is 4.90 Å². The summed E-state index contributed by atoms with van der Waals surface area (Å²) in [5.41, 5.74) is 3.40. The molecule has 1 aromatic carbocycles. The van der Waals surface area contributed by atoms with Crippen LogP contribution in [0.15, 0.2) is 39.9 Å². The van der Waals surface area contributed by atoms with Gasteiger partial charge in [0.1, 0.15) is 0 Å². The van der Waals surface area contributed by atoms with E-state index in [2.05, 4.69) is 9.89 Å². The topological polar surface area (TPSA) is 70.1 Å². The monoisotopic (exact) mass is 409 g/mol. The maximum atomic E-state index is 13.0. The molecule has 6 nitrogen and oxygen atoms in total. The Morgan fingerprint density at radius 1 is 1.07 bits per heavy atom. The van der Waals surface area contributed by atoms with Crippen molar-refractivity contribution in [2.75, 3.05) is 20.1 Å². The van der Waals surface area contributed by atoms with Crippen LogP contribution in [0.2, 0.25) is 0 Å². The van der Waals surface area contributed by atoms with Gasteiger partial charge in [0.05, 0.1) is 33.1 Å². The Kier molecular flexibility index (Phi) is 4.29. The zero-order valence-electron chi connectivity index (χ0n) is 16.1. The van der Waals surface area contributed by atoms with Gasteiger partial charge in [-0.1, -0.05) is 17.7 Å². The second-order valence-electron chi connectivity index (χ2n) is 8.03. The highest BCUT2D eigenvalue weighted by Crippen LogP contribution is 2.38. The Morgan fingerprint density at radius 2 is 1.76 bits per heavy atom. The van der Waals surface area contributed by atoms with E-state index in [0.29, 0.717) is 46.0 Å². The molecule has 2 amide bonds. The Morgan fingerprint density at radius 3 is 2.45 bits per heavy atom. The van der Waals surface area contributed by atoms with Crippen molar-refractivity contribution in [2.45, 2.75) is 31.7 Å². The smallest absolute Gasteiger partial charge is 0.261 e. The number of halogens is 1. The number of allylic oxidation sites excluding steroid dienone is 4. The molecule has 3 heterocycles. The van der Waals surface area contributed by atoms with E-state index in [1.807, 2.05) is 7.05 Å². The van der Waals surface area contributed by atoms with Gasteiger partial charge >= 0.3 is 0 Å². The molecule has 1 fully saturated rings. The number of likely N-dealkylation sites (tertiary alicyclic amines) is 1. The van der Waals surface area contributed by atoms with Crippen molar-refractivity contribution in [1.82, 2.24) is 9.80 Å². The number of fused-ring (bicyclic) bond motifs is 2. The first-order valence-electron chi connectivity index (χ1n) is 9.85. The Labute approximate surface area is 173 Å². The standard InChI is InChI=1S/C22H20ClN3O3/c1-25-7-5-13(6-8-25)26-21(28)14-9-12-10-18(20-16(23)3-2-4-19(20)27)24-17(12)11-15(14)22(26)29/h2-3,9,11,13H,4-8,10H2,1H3. The highest BCUT2D eigenvalue weighted by Gasteiger charge is 2.42. The van der Waals surface area contributed by atoms with Gasteiger partial charge < -0.3 is 4.90 Å². The number of rotatable bonds is 2. The third-order valence-electron chi connectivity index (χ3n) is 6.16. The minimum Gasteiger partial charge on any atom is -0.306 e. The molecule has 5 rings (SSSR count).